The molecule has 0 bridgehead atoms. The van der Waals surface area contributed by atoms with E-state index >= 15 is 0 Å². The molecule has 1 rings (SSSR count). The van der Waals surface area contributed by atoms with Gasteiger partial charge in [-0.05, 0) is 6.07 Å². The molecule has 0 aliphatic rings. The molecular formula is C8H4ClF3N2. The van der Waals surface area contributed by atoms with E-state index in [9.17, 15) is 13.2 Å². The zero-order chi connectivity index (χ0) is 10.8. The molecular weight excluding hydrogens is 217 g/mol. The van der Waals surface area contributed by atoms with Crippen molar-refractivity contribution in [2.24, 2.45) is 0 Å². The maximum absolute atomic E-state index is 12.1. The Morgan fingerprint density at radius 1 is 1.50 bits per heavy atom. The molecule has 0 aliphatic carbocycles. The summed E-state index contributed by atoms with van der Waals surface area (Å²) in [5, 5.41) is 8.23. The predicted octanol–water partition coefficient (Wildman–Crippen LogP) is 2.82. The minimum atomic E-state index is -4.51. The molecule has 0 fully saturated rings. The highest BCUT2D eigenvalue weighted by molar-refractivity contribution is 6.31. The molecule has 1 aromatic rings. The Morgan fingerprint density at radius 3 is 2.57 bits per heavy atom. The Bertz CT molecular complexity index is 381. The third kappa shape index (κ3) is 2.36. The van der Waals surface area contributed by atoms with Gasteiger partial charge < -0.3 is 0 Å². The van der Waals surface area contributed by atoms with Crippen LogP contribution in [0.25, 0.3) is 0 Å². The molecule has 0 atom stereocenters. The van der Waals surface area contributed by atoms with Crippen LogP contribution in [0, 0.1) is 11.3 Å². The highest BCUT2D eigenvalue weighted by Gasteiger charge is 2.32. The number of alkyl halides is 3. The van der Waals surface area contributed by atoms with Crippen molar-refractivity contribution in [3.63, 3.8) is 0 Å². The summed E-state index contributed by atoms with van der Waals surface area (Å²) in [5.74, 6) is 0. The SMILES string of the molecule is N#CCc1cnc(C(F)(F)F)cc1Cl. The van der Waals surface area contributed by atoms with Gasteiger partial charge in [0.2, 0.25) is 0 Å². The number of pyridine rings is 1. The third-order valence-electron chi connectivity index (χ3n) is 1.49. The molecule has 0 radical (unpaired) electrons. The smallest absolute Gasteiger partial charge is 0.251 e. The number of halogens is 4. The van der Waals surface area contributed by atoms with Gasteiger partial charge >= 0.3 is 6.18 Å². The Morgan fingerprint density at radius 2 is 2.14 bits per heavy atom. The van der Waals surface area contributed by atoms with Gasteiger partial charge in [-0.1, -0.05) is 11.6 Å². The minimum Gasteiger partial charge on any atom is -0.251 e. The molecule has 0 unspecified atom stereocenters. The summed E-state index contributed by atoms with van der Waals surface area (Å²) in [6, 6.07) is 2.49. The van der Waals surface area contributed by atoms with Gasteiger partial charge in [0.05, 0.1) is 12.5 Å². The van der Waals surface area contributed by atoms with Crippen molar-refractivity contribution >= 4 is 11.6 Å². The summed E-state index contributed by atoms with van der Waals surface area (Å²) in [6.07, 6.45) is -3.59. The van der Waals surface area contributed by atoms with Gasteiger partial charge in [-0.3, -0.25) is 4.98 Å². The van der Waals surface area contributed by atoms with Crippen molar-refractivity contribution in [1.29, 1.82) is 5.26 Å². The van der Waals surface area contributed by atoms with Crippen LogP contribution in [0.2, 0.25) is 5.02 Å². The summed E-state index contributed by atoms with van der Waals surface area (Å²) in [6.45, 7) is 0. The van der Waals surface area contributed by atoms with Gasteiger partial charge in [0.15, 0.2) is 0 Å². The van der Waals surface area contributed by atoms with Crippen LogP contribution in [0.1, 0.15) is 11.3 Å². The lowest BCUT2D eigenvalue weighted by Gasteiger charge is -2.06. The van der Waals surface area contributed by atoms with E-state index in [1.165, 1.54) is 0 Å². The standard InChI is InChI=1S/C8H4ClF3N2/c9-6-3-7(8(10,11)12)14-4-5(6)1-2-13/h3-4H,1H2. The van der Waals surface area contributed by atoms with Crippen LogP contribution in [0.5, 0.6) is 0 Å². The molecule has 74 valence electrons. The Kier molecular flexibility index (Phi) is 2.96. The lowest BCUT2D eigenvalue weighted by atomic mass is 10.2. The fourth-order valence-electron chi connectivity index (χ4n) is 0.829. The molecule has 6 heteroatoms. The second-order valence-electron chi connectivity index (χ2n) is 2.49. The van der Waals surface area contributed by atoms with E-state index in [0.717, 1.165) is 6.20 Å². The second kappa shape index (κ2) is 3.84. The lowest BCUT2D eigenvalue weighted by Crippen LogP contribution is -2.08. The molecule has 1 aromatic heterocycles. The molecule has 2 nitrogen and oxygen atoms in total. The lowest BCUT2D eigenvalue weighted by molar-refractivity contribution is -0.141. The van der Waals surface area contributed by atoms with Crippen molar-refractivity contribution in [3.05, 3.63) is 28.5 Å². The van der Waals surface area contributed by atoms with Crippen molar-refractivity contribution in [2.75, 3.05) is 0 Å². The fraction of sp³-hybridized carbons (Fsp3) is 0.250. The number of aromatic nitrogens is 1. The minimum absolute atomic E-state index is 0.0516. The highest BCUT2D eigenvalue weighted by atomic mass is 35.5. The zero-order valence-electron chi connectivity index (χ0n) is 6.77. The van der Waals surface area contributed by atoms with Crippen LogP contribution in [0.15, 0.2) is 12.3 Å². The summed E-state index contributed by atoms with van der Waals surface area (Å²) >= 11 is 5.52. The van der Waals surface area contributed by atoms with E-state index < -0.39 is 11.9 Å². The summed E-state index contributed by atoms with van der Waals surface area (Å²) in [7, 11) is 0. The fourth-order valence-corrected chi connectivity index (χ4v) is 1.05. The third-order valence-corrected chi connectivity index (χ3v) is 1.84. The number of hydrogen-bond donors (Lipinski definition) is 0. The van der Waals surface area contributed by atoms with Gasteiger partial charge in [-0.25, -0.2) is 0 Å². The van der Waals surface area contributed by atoms with Crippen molar-refractivity contribution in [3.8, 4) is 6.07 Å². The maximum Gasteiger partial charge on any atom is 0.433 e. The van der Waals surface area contributed by atoms with E-state index in [1.807, 2.05) is 0 Å². The molecule has 0 saturated carbocycles. The molecule has 0 saturated heterocycles. The van der Waals surface area contributed by atoms with Gasteiger partial charge in [-0.2, -0.15) is 18.4 Å². The molecule has 0 aliphatic heterocycles. The number of nitrogens with zero attached hydrogens (tertiary/aromatic N) is 2. The first-order valence-electron chi connectivity index (χ1n) is 3.53. The normalized spacial score (nSPS) is 11.1. The quantitative estimate of drug-likeness (QED) is 0.730. The van der Waals surface area contributed by atoms with Crippen molar-refractivity contribution in [2.45, 2.75) is 12.6 Å². The maximum atomic E-state index is 12.1. The Labute approximate surface area is 82.9 Å². The first-order valence-corrected chi connectivity index (χ1v) is 3.91. The van der Waals surface area contributed by atoms with Gasteiger partial charge in [-0.15, -0.1) is 0 Å². The second-order valence-corrected chi connectivity index (χ2v) is 2.90. The molecule has 0 spiro atoms. The number of rotatable bonds is 1. The monoisotopic (exact) mass is 220 g/mol. The average molecular weight is 221 g/mol. The van der Waals surface area contributed by atoms with Crippen LogP contribution in [0.3, 0.4) is 0 Å². The van der Waals surface area contributed by atoms with Crippen LogP contribution >= 0.6 is 11.6 Å². The van der Waals surface area contributed by atoms with Crippen LogP contribution < -0.4 is 0 Å². The number of nitriles is 1. The van der Waals surface area contributed by atoms with Crippen LogP contribution in [0.4, 0.5) is 13.2 Å². The summed E-state index contributed by atoms with van der Waals surface area (Å²) < 4.78 is 36.3. The molecule has 0 N–H and O–H groups in total. The van der Waals surface area contributed by atoms with Gasteiger partial charge in [0.25, 0.3) is 0 Å². The Hall–Kier alpha value is -1.28. The zero-order valence-corrected chi connectivity index (χ0v) is 7.52. The first-order chi connectivity index (χ1) is 6.45. The topological polar surface area (TPSA) is 36.7 Å². The van der Waals surface area contributed by atoms with Gasteiger partial charge in [0, 0.05) is 16.8 Å². The summed E-state index contributed by atoms with van der Waals surface area (Å²) in [4.78, 5) is 3.17. The van der Waals surface area contributed by atoms with E-state index in [4.69, 9.17) is 16.9 Å². The van der Waals surface area contributed by atoms with Crippen molar-refractivity contribution < 1.29 is 13.2 Å². The average Bonchev–Trinajstić information content (AvgIpc) is 2.07. The van der Waals surface area contributed by atoms with E-state index in [-0.39, 0.29) is 11.4 Å². The van der Waals surface area contributed by atoms with E-state index in [0.29, 0.717) is 11.6 Å². The van der Waals surface area contributed by atoms with Gasteiger partial charge in [0.1, 0.15) is 5.69 Å². The van der Waals surface area contributed by atoms with Crippen molar-refractivity contribution in [1.82, 2.24) is 4.98 Å². The van der Waals surface area contributed by atoms with E-state index in [1.54, 1.807) is 6.07 Å². The van der Waals surface area contributed by atoms with Crippen LogP contribution in [-0.4, -0.2) is 4.98 Å². The summed E-state index contributed by atoms with van der Waals surface area (Å²) in [5.41, 5.74) is -0.758. The largest absolute Gasteiger partial charge is 0.433 e. The first kappa shape index (κ1) is 10.8. The highest BCUT2D eigenvalue weighted by Crippen LogP contribution is 2.30. The van der Waals surface area contributed by atoms with E-state index in [2.05, 4.69) is 4.98 Å². The molecule has 0 aromatic carbocycles. The Balaban J connectivity index is 3.08. The molecule has 1 heterocycles. The van der Waals surface area contributed by atoms with Crippen LogP contribution in [-0.2, 0) is 12.6 Å². The predicted molar refractivity (Wildman–Crippen MR) is 43.6 cm³/mol. The molecule has 14 heavy (non-hydrogen) atoms. The number of hydrogen-bond acceptors (Lipinski definition) is 2. The molecule has 0 amide bonds.